The minimum Gasteiger partial charge on any atom is -0.338 e. The number of anilines is 1. The van der Waals surface area contributed by atoms with Crippen LogP contribution in [0.15, 0.2) is 23.1 Å². The molecule has 1 rings (SSSR count). The van der Waals surface area contributed by atoms with Crippen molar-refractivity contribution in [2.45, 2.75) is 44.4 Å². The summed E-state index contributed by atoms with van der Waals surface area (Å²) in [6.07, 6.45) is 4.34. The maximum Gasteiger partial charge on any atom is 0.319 e. The predicted molar refractivity (Wildman–Crippen MR) is 88.6 cm³/mol. The SMILES string of the molecule is CCCCCCNC(=O)Nc1cc(S(=O)(=O)NC)ccc1C. The highest BCUT2D eigenvalue weighted by Crippen LogP contribution is 2.19. The molecule has 0 radical (unpaired) electrons. The average Bonchev–Trinajstić information content (AvgIpc) is 2.49. The molecule has 0 unspecified atom stereocenters. The van der Waals surface area contributed by atoms with Crippen molar-refractivity contribution in [1.29, 1.82) is 0 Å². The molecule has 0 atom stereocenters. The quantitative estimate of drug-likeness (QED) is 0.641. The summed E-state index contributed by atoms with van der Waals surface area (Å²) in [5.74, 6) is 0. The van der Waals surface area contributed by atoms with Crippen molar-refractivity contribution in [2.75, 3.05) is 18.9 Å². The lowest BCUT2D eigenvalue weighted by Gasteiger charge is -2.11. The first-order chi connectivity index (χ1) is 10.4. The molecule has 0 spiro atoms. The van der Waals surface area contributed by atoms with Gasteiger partial charge in [0.05, 0.1) is 4.90 Å². The van der Waals surface area contributed by atoms with Crippen molar-refractivity contribution in [3.8, 4) is 0 Å². The molecular formula is C15H25N3O3S. The van der Waals surface area contributed by atoms with Crippen LogP contribution in [0.5, 0.6) is 0 Å². The Morgan fingerprint density at radius 2 is 1.91 bits per heavy atom. The lowest BCUT2D eigenvalue weighted by Crippen LogP contribution is -2.30. The summed E-state index contributed by atoms with van der Waals surface area (Å²) >= 11 is 0. The van der Waals surface area contributed by atoms with E-state index in [4.69, 9.17) is 0 Å². The summed E-state index contributed by atoms with van der Waals surface area (Å²) in [6.45, 7) is 4.56. The third-order valence-corrected chi connectivity index (χ3v) is 4.76. The Bertz CT molecular complexity index is 600. The van der Waals surface area contributed by atoms with Gasteiger partial charge in [-0.05, 0) is 38.1 Å². The Kier molecular flexibility index (Phi) is 7.34. The van der Waals surface area contributed by atoms with Gasteiger partial charge in [0.1, 0.15) is 0 Å². The number of amides is 2. The van der Waals surface area contributed by atoms with Gasteiger partial charge in [0.2, 0.25) is 10.0 Å². The van der Waals surface area contributed by atoms with Crippen LogP contribution in [-0.2, 0) is 10.0 Å². The van der Waals surface area contributed by atoms with Gasteiger partial charge in [-0.15, -0.1) is 0 Å². The van der Waals surface area contributed by atoms with E-state index in [1.165, 1.54) is 19.2 Å². The van der Waals surface area contributed by atoms with Gasteiger partial charge in [0, 0.05) is 12.2 Å². The molecule has 0 aliphatic heterocycles. The maximum atomic E-state index is 11.8. The first-order valence-corrected chi connectivity index (χ1v) is 8.98. The molecule has 3 N–H and O–H groups in total. The van der Waals surface area contributed by atoms with Gasteiger partial charge >= 0.3 is 6.03 Å². The van der Waals surface area contributed by atoms with E-state index >= 15 is 0 Å². The number of rotatable bonds is 8. The van der Waals surface area contributed by atoms with Crippen molar-refractivity contribution < 1.29 is 13.2 Å². The van der Waals surface area contributed by atoms with E-state index < -0.39 is 10.0 Å². The van der Waals surface area contributed by atoms with Crippen molar-refractivity contribution in [3.63, 3.8) is 0 Å². The molecule has 22 heavy (non-hydrogen) atoms. The van der Waals surface area contributed by atoms with Gasteiger partial charge in [0.15, 0.2) is 0 Å². The fraction of sp³-hybridized carbons (Fsp3) is 0.533. The van der Waals surface area contributed by atoms with Gasteiger partial charge in [-0.2, -0.15) is 0 Å². The summed E-state index contributed by atoms with van der Waals surface area (Å²) in [5, 5.41) is 5.47. The van der Waals surface area contributed by atoms with Crippen molar-refractivity contribution in [2.24, 2.45) is 0 Å². The molecule has 0 aliphatic rings. The number of hydrogen-bond acceptors (Lipinski definition) is 3. The Morgan fingerprint density at radius 3 is 2.55 bits per heavy atom. The van der Waals surface area contributed by atoms with Crippen LogP contribution in [-0.4, -0.2) is 28.0 Å². The normalized spacial score (nSPS) is 11.2. The van der Waals surface area contributed by atoms with E-state index in [1.54, 1.807) is 6.07 Å². The zero-order chi connectivity index (χ0) is 16.6. The van der Waals surface area contributed by atoms with Crippen LogP contribution in [0.1, 0.15) is 38.2 Å². The summed E-state index contributed by atoms with van der Waals surface area (Å²) in [6, 6.07) is 4.31. The molecule has 1 aromatic rings. The van der Waals surface area contributed by atoms with Gasteiger partial charge in [-0.25, -0.2) is 17.9 Å². The van der Waals surface area contributed by atoms with Crippen LogP contribution in [0.2, 0.25) is 0 Å². The van der Waals surface area contributed by atoms with Gasteiger partial charge in [0.25, 0.3) is 0 Å². The monoisotopic (exact) mass is 327 g/mol. The highest BCUT2D eigenvalue weighted by atomic mass is 32.2. The molecule has 0 saturated heterocycles. The predicted octanol–water partition coefficient (Wildman–Crippen LogP) is 2.60. The topological polar surface area (TPSA) is 87.3 Å². The van der Waals surface area contributed by atoms with E-state index in [0.29, 0.717) is 12.2 Å². The van der Waals surface area contributed by atoms with Crippen LogP contribution in [0, 0.1) is 6.92 Å². The molecule has 1 aromatic carbocycles. The van der Waals surface area contributed by atoms with E-state index in [2.05, 4.69) is 22.3 Å². The molecular weight excluding hydrogens is 302 g/mol. The number of urea groups is 1. The Morgan fingerprint density at radius 1 is 1.18 bits per heavy atom. The van der Waals surface area contributed by atoms with Crippen LogP contribution in [0.4, 0.5) is 10.5 Å². The summed E-state index contributed by atoms with van der Waals surface area (Å²) in [4.78, 5) is 12.0. The van der Waals surface area contributed by atoms with E-state index in [9.17, 15) is 13.2 Å². The Balaban J connectivity index is 2.65. The van der Waals surface area contributed by atoms with Crippen LogP contribution in [0.25, 0.3) is 0 Å². The van der Waals surface area contributed by atoms with E-state index in [0.717, 1.165) is 31.2 Å². The molecule has 2 amide bonds. The third-order valence-electron chi connectivity index (χ3n) is 3.35. The Labute approximate surface area is 132 Å². The highest BCUT2D eigenvalue weighted by Gasteiger charge is 2.13. The number of unbranched alkanes of at least 4 members (excludes halogenated alkanes) is 3. The number of benzene rings is 1. The number of carbonyl (C=O) groups excluding carboxylic acids is 1. The minimum atomic E-state index is -3.52. The smallest absolute Gasteiger partial charge is 0.319 e. The molecule has 0 aromatic heterocycles. The number of aryl methyl sites for hydroxylation is 1. The summed E-state index contributed by atoms with van der Waals surface area (Å²) < 4.78 is 25.8. The van der Waals surface area contributed by atoms with Crippen LogP contribution in [0.3, 0.4) is 0 Å². The number of hydrogen-bond donors (Lipinski definition) is 3. The van der Waals surface area contributed by atoms with Crippen molar-refractivity contribution >= 4 is 21.7 Å². The van der Waals surface area contributed by atoms with Gasteiger partial charge < -0.3 is 10.6 Å². The van der Waals surface area contributed by atoms with Crippen LogP contribution >= 0.6 is 0 Å². The zero-order valence-electron chi connectivity index (χ0n) is 13.4. The first kappa shape index (κ1) is 18.4. The maximum absolute atomic E-state index is 11.8. The highest BCUT2D eigenvalue weighted by molar-refractivity contribution is 7.89. The second-order valence-electron chi connectivity index (χ2n) is 5.13. The summed E-state index contributed by atoms with van der Waals surface area (Å²) in [7, 11) is -2.17. The molecule has 0 aliphatic carbocycles. The minimum absolute atomic E-state index is 0.124. The first-order valence-electron chi connectivity index (χ1n) is 7.49. The van der Waals surface area contributed by atoms with Crippen molar-refractivity contribution in [3.05, 3.63) is 23.8 Å². The molecule has 0 heterocycles. The fourth-order valence-electron chi connectivity index (χ4n) is 1.94. The Hall–Kier alpha value is -1.60. The second-order valence-corrected chi connectivity index (χ2v) is 7.01. The zero-order valence-corrected chi connectivity index (χ0v) is 14.2. The number of sulfonamides is 1. The second kappa shape index (κ2) is 8.75. The largest absolute Gasteiger partial charge is 0.338 e. The van der Waals surface area contributed by atoms with Crippen molar-refractivity contribution in [1.82, 2.24) is 10.0 Å². The average molecular weight is 327 g/mol. The standard InChI is InChI=1S/C15H25N3O3S/c1-4-5-6-7-10-17-15(19)18-14-11-13(9-8-12(14)2)22(20,21)16-3/h8-9,11,16H,4-7,10H2,1-3H3,(H2,17,18,19). The van der Waals surface area contributed by atoms with Gasteiger partial charge in [-0.1, -0.05) is 32.3 Å². The summed E-state index contributed by atoms with van der Waals surface area (Å²) in [5.41, 5.74) is 1.29. The van der Waals surface area contributed by atoms with E-state index in [-0.39, 0.29) is 10.9 Å². The lowest BCUT2D eigenvalue weighted by atomic mass is 10.2. The fourth-order valence-corrected chi connectivity index (χ4v) is 2.70. The van der Waals surface area contributed by atoms with Gasteiger partial charge in [-0.3, -0.25) is 0 Å². The molecule has 124 valence electrons. The number of nitrogens with one attached hydrogen (secondary N) is 3. The molecule has 6 nitrogen and oxygen atoms in total. The number of carbonyl (C=O) groups is 1. The molecule has 0 saturated carbocycles. The molecule has 0 fully saturated rings. The van der Waals surface area contributed by atoms with E-state index in [1.807, 2.05) is 6.92 Å². The lowest BCUT2D eigenvalue weighted by molar-refractivity contribution is 0.252. The molecule has 0 bridgehead atoms. The third kappa shape index (κ3) is 5.65. The molecule has 7 heteroatoms. The van der Waals surface area contributed by atoms with Crippen LogP contribution < -0.4 is 15.4 Å².